The molecule has 3 rings (SSSR count). The summed E-state index contributed by atoms with van der Waals surface area (Å²) in [6.45, 7) is 2.16. The van der Waals surface area contributed by atoms with Gasteiger partial charge in [0, 0.05) is 4.47 Å². The Bertz CT molecular complexity index is 595. The highest BCUT2D eigenvalue weighted by Gasteiger charge is 2.16. The molecule has 2 aromatic rings. The van der Waals surface area contributed by atoms with Crippen molar-refractivity contribution in [3.05, 3.63) is 63.6 Å². The van der Waals surface area contributed by atoms with Crippen LogP contribution < -0.4 is 0 Å². The topological polar surface area (TPSA) is 0 Å². The summed E-state index contributed by atoms with van der Waals surface area (Å²) >= 11 is 3.70. The number of halogens is 1. The van der Waals surface area contributed by atoms with Crippen molar-refractivity contribution in [1.82, 2.24) is 0 Å². The van der Waals surface area contributed by atoms with Crippen molar-refractivity contribution in [3.63, 3.8) is 0 Å². The lowest BCUT2D eigenvalue weighted by Crippen LogP contribution is -1.92. The largest absolute Gasteiger partial charge is 0.0794 e. The first-order valence-corrected chi connectivity index (χ1v) is 6.60. The van der Waals surface area contributed by atoms with E-state index in [1.54, 1.807) is 0 Å². The van der Waals surface area contributed by atoms with Crippen molar-refractivity contribution in [1.29, 1.82) is 0 Å². The van der Waals surface area contributed by atoms with Crippen LogP contribution >= 0.6 is 15.9 Å². The van der Waals surface area contributed by atoms with Crippen LogP contribution in [0.25, 0.3) is 17.2 Å². The number of fused-ring (bicyclic) bond motifs is 1. The second-order valence-corrected chi connectivity index (χ2v) is 5.21. The fourth-order valence-electron chi connectivity index (χ4n) is 2.42. The van der Waals surface area contributed by atoms with Crippen LogP contribution in [0.1, 0.15) is 16.7 Å². The van der Waals surface area contributed by atoms with E-state index in [1.807, 2.05) is 0 Å². The minimum absolute atomic E-state index is 1.04. The first kappa shape index (κ1) is 10.8. The first-order chi connectivity index (χ1) is 8.27. The van der Waals surface area contributed by atoms with Crippen molar-refractivity contribution >= 4 is 22.0 Å². The smallest absolute Gasteiger partial charge is 0.0246 e. The minimum Gasteiger partial charge on any atom is -0.0794 e. The highest BCUT2D eigenvalue weighted by Crippen LogP contribution is 2.37. The highest BCUT2D eigenvalue weighted by molar-refractivity contribution is 9.10. The summed E-state index contributed by atoms with van der Waals surface area (Å²) in [5.74, 6) is 0. The summed E-state index contributed by atoms with van der Waals surface area (Å²) in [6, 6.07) is 12.9. The Morgan fingerprint density at radius 2 is 1.88 bits per heavy atom. The van der Waals surface area contributed by atoms with E-state index in [0.29, 0.717) is 0 Å². The van der Waals surface area contributed by atoms with Gasteiger partial charge in [-0.05, 0) is 47.2 Å². The lowest BCUT2D eigenvalue weighted by Gasteiger charge is -2.12. The molecule has 0 heterocycles. The van der Waals surface area contributed by atoms with Gasteiger partial charge in [0.05, 0.1) is 0 Å². The second kappa shape index (κ2) is 4.15. The number of hydrogen-bond acceptors (Lipinski definition) is 0. The number of benzene rings is 2. The molecule has 1 aliphatic rings. The zero-order valence-electron chi connectivity index (χ0n) is 9.70. The van der Waals surface area contributed by atoms with Crippen LogP contribution in [0.4, 0.5) is 0 Å². The summed E-state index contributed by atoms with van der Waals surface area (Å²) in [5, 5.41) is 0. The first-order valence-electron chi connectivity index (χ1n) is 5.81. The van der Waals surface area contributed by atoms with Crippen LogP contribution in [0.3, 0.4) is 0 Å². The van der Waals surface area contributed by atoms with E-state index in [1.165, 1.54) is 32.3 Å². The Morgan fingerprint density at radius 3 is 2.65 bits per heavy atom. The van der Waals surface area contributed by atoms with Gasteiger partial charge in [0.25, 0.3) is 0 Å². The molecule has 0 saturated carbocycles. The third-order valence-corrected chi connectivity index (χ3v) is 4.38. The van der Waals surface area contributed by atoms with Gasteiger partial charge in [-0.3, -0.25) is 0 Å². The molecule has 0 N–H and O–H groups in total. The predicted molar refractivity (Wildman–Crippen MR) is 77.1 cm³/mol. The van der Waals surface area contributed by atoms with E-state index in [9.17, 15) is 0 Å². The Hall–Kier alpha value is -1.34. The molecule has 0 atom stereocenters. The average Bonchev–Trinajstić information content (AvgIpc) is 2.84. The number of aryl methyl sites for hydroxylation is 1. The maximum atomic E-state index is 3.70. The molecule has 0 amide bonds. The molecule has 0 bridgehead atoms. The Morgan fingerprint density at radius 1 is 1.12 bits per heavy atom. The highest BCUT2D eigenvalue weighted by atomic mass is 79.9. The van der Waals surface area contributed by atoms with Crippen LogP contribution in [0.15, 0.2) is 46.9 Å². The van der Waals surface area contributed by atoms with Gasteiger partial charge in [0.15, 0.2) is 0 Å². The van der Waals surface area contributed by atoms with E-state index >= 15 is 0 Å². The summed E-state index contributed by atoms with van der Waals surface area (Å²) in [6.07, 6.45) is 5.51. The molecule has 0 saturated heterocycles. The van der Waals surface area contributed by atoms with E-state index < -0.39 is 0 Å². The molecule has 0 aliphatic heterocycles. The third kappa shape index (κ3) is 1.75. The van der Waals surface area contributed by atoms with Crippen LogP contribution in [0.5, 0.6) is 0 Å². The molecule has 1 heteroatoms. The lowest BCUT2D eigenvalue weighted by atomic mass is 9.95. The van der Waals surface area contributed by atoms with Gasteiger partial charge < -0.3 is 0 Å². The van der Waals surface area contributed by atoms with Gasteiger partial charge in [-0.1, -0.05) is 58.4 Å². The SMILES string of the molecule is Cc1cc(-c2ccccc2)c2c(c1Br)CC=C2. The van der Waals surface area contributed by atoms with Gasteiger partial charge in [-0.15, -0.1) is 0 Å². The van der Waals surface area contributed by atoms with Crippen LogP contribution in [0, 0.1) is 6.92 Å². The monoisotopic (exact) mass is 284 g/mol. The normalized spacial score (nSPS) is 12.8. The van der Waals surface area contributed by atoms with Crippen molar-refractivity contribution in [2.45, 2.75) is 13.3 Å². The Balaban J connectivity index is 2.28. The summed E-state index contributed by atoms with van der Waals surface area (Å²) < 4.78 is 1.26. The van der Waals surface area contributed by atoms with Gasteiger partial charge in [0.1, 0.15) is 0 Å². The maximum Gasteiger partial charge on any atom is 0.0246 e. The summed E-state index contributed by atoms with van der Waals surface area (Å²) in [5.41, 5.74) is 6.74. The fourth-order valence-corrected chi connectivity index (χ4v) is 2.91. The van der Waals surface area contributed by atoms with Crippen molar-refractivity contribution in [3.8, 4) is 11.1 Å². The fraction of sp³-hybridized carbons (Fsp3) is 0.125. The molecule has 17 heavy (non-hydrogen) atoms. The van der Waals surface area contributed by atoms with Crippen molar-refractivity contribution in [2.75, 3.05) is 0 Å². The quantitative estimate of drug-likeness (QED) is 0.692. The summed E-state index contributed by atoms with van der Waals surface area (Å²) in [4.78, 5) is 0. The standard InChI is InChI=1S/C16H13Br/c1-11-10-15(12-6-3-2-4-7-12)13-8-5-9-14(13)16(11)17/h2-8,10H,9H2,1H3. The Labute approximate surface area is 110 Å². The van der Waals surface area contributed by atoms with Gasteiger partial charge in [-0.2, -0.15) is 0 Å². The second-order valence-electron chi connectivity index (χ2n) is 4.42. The van der Waals surface area contributed by atoms with E-state index in [-0.39, 0.29) is 0 Å². The maximum absolute atomic E-state index is 3.70. The molecule has 0 nitrogen and oxygen atoms in total. The van der Waals surface area contributed by atoms with Crippen LogP contribution in [-0.2, 0) is 6.42 Å². The van der Waals surface area contributed by atoms with Gasteiger partial charge in [-0.25, -0.2) is 0 Å². The van der Waals surface area contributed by atoms with E-state index in [0.717, 1.165) is 6.42 Å². The molecular weight excluding hydrogens is 272 g/mol. The van der Waals surface area contributed by atoms with Gasteiger partial charge in [0.2, 0.25) is 0 Å². The van der Waals surface area contributed by atoms with Crippen LogP contribution in [-0.4, -0.2) is 0 Å². The lowest BCUT2D eigenvalue weighted by molar-refractivity contribution is 1.25. The molecule has 0 aromatic heterocycles. The third-order valence-electron chi connectivity index (χ3n) is 3.28. The molecule has 0 fully saturated rings. The zero-order chi connectivity index (χ0) is 11.8. The molecule has 0 unspecified atom stereocenters. The molecule has 0 radical (unpaired) electrons. The zero-order valence-corrected chi connectivity index (χ0v) is 11.3. The molecular formula is C16H13Br. The summed E-state index contributed by atoms with van der Waals surface area (Å²) in [7, 11) is 0. The van der Waals surface area contributed by atoms with E-state index in [2.05, 4.69) is 71.4 Å². The number of rotatable bonds is 1. The average molecular weight is 285 g/mol. The molecule has 1 aliphatic carbocycles. The molecule has 84 valence electrons. The predicted octanol–water partition coefficient (Wildman–Crippen LogP) is 4.99. The van der Waals surface area contributed by atoms with Crippen LogP contribution in [0.2, 0.25) is 0 Å². The number of allylic oxidation sites excluding steroid dienone is 1. The Kier molecular flexibility index (Phi) is 2.64. The van der Waals surface area contributed by atoms with Crippen molar-refractivity contribution < 1.29 is 0 Å². The molecule has 2 aromatic carbocycles. The van der Waals surface area contributed by atoms with Gasteiger partial charge >= 0.3 is 0 Å². The van der Waals surface area contributed by atoms with Crippen molar-refractivity contribution in [2.24, 2.45) is 0 Å². The minimum atomic E-state index is 1.04. The molecule has 0 spiro atoms. The number of hydrogen-bond donors (Lipinski definition) is 0. The van der Waals surface area contributed by atoms with E-state index in [4.69, 9.17) is 0 Å².